The van der Waals surface area contributed by atoms with Crippen LogP contribution in [0, 0.1) is 0 Å². The zero-order valence-electron chi connectivity index (χ0n) is 9.05. The fourth-order valence-corrected chi connectivity index (χ4v) is 1.69. The van der Waals surface area contributed by atoms with E-state index in [4.69, 9.17) is 23.2 Å². The van der Waals surface area contributed by atoms with Crippen LogP contribution in [0.4, 0.5) is 13.2 Å². The van der Waals surface area contributed by atoms with Crippen molar-refractivity contribution in [3.63, 3.8) is 0 Å². The van der Waals surface area contributed by atoms with E-state index in [0.29, 0.717) is 4.90 Å². The highest BCUT2D eigenvalue weighted by molar-refractivity contribution is 6.33. The van der Waals surface area contributed by atoms with Gasteiger partial charge >= 0.3 is 6.18 Å². The van der Waals surface area contributed by atoms with Crippen molar-refractivity contribution in [2.75, 3.05) is 19.0 Å². The highest BCUT2D eigenvalue weighted by Crippen LogP contribution is 2.20. The van der Waals surface area contributed by atoms with Gasteiger partial charge in [0.2, 0.25) is 0 Å². The summed E-state index contributed by atoms with van der Waals surface area (Å²) >= 11 is 11.1. The van der Waals surface area contributed by atoms with Crippen LogP contribution in [-0.4, -0.2) is 40.9 Å². The normalized spacial score (nSPS) is 11.4. The van der Waals surface area contributed by atoms with Crippen molar-refractivity contribution in [2.24, 2.45) is 0 Å². The van der Waals surface area contributed by atoms with Gasteiger partial charge < -0.3 is 4.90 Å². The highest BCUT2D eigenvalue weighted by atomic mass is 35.5. The maximum Gasteiger partial charge on any atom is 0.406 e. The summed E-state index contributed by atoms with van der Waals surface area (Å²) in [6.45, 7) is -1.57. The molecule has 0 aliphatic heterocycles. The zero-order chi connectivity index (χ0) is 13.8. The molecule has 0 unspecified atom stereocenters. The van der Waals surface area contributed by atoms with Gasteiger partial charge in [0.25, 0.3) is 5.91 Å². The van der Waals surface area contributed by atoms with Gasteiger partial charge in [-0.25, -0.2) is 0 Å². The van der Waals surface area contributed by atoms with E-state index in [-0.39, 0.29) is 23.0 Å². The molecule has 18 heavy (non-hydrogen) atoms. The van der Waals surface area contributed by atoms with Crippen molar-refractivity contribution >= 4 is 29.1 Å². The summed E-state index contributed by atoms with van der Waals surface area (Å²) in [7, 11) is 0. The van der Waals surface area contributed by atoms with Crippen LogP contribution in [-0.2, 0) is 0 Å². The monoisotopic (exact) mass is 300 g/mol. The number of hydrogen-bond donors (Lipinski definition) is 0. The molecule has 0 aromatic carbocycles. The Bertz CT molecular complexity index is 426. The minimum absolute atomic E-state index is 0.00393. The number of halogens is 5. The molecule has 1 aromatic rings. The zero-order valence-corrected chi connectivity index (χ0v) is 10.6. The molecule has 0 aliphatic carbocycles. The number of nitrogens with zero attached hydrogens (tertiary/aromatic N) is 2. The first kappa shape index (κ1) is 15.0. The molecule has 0 bridgehead atoms. The fraction of sp³-hybridized carbons (Fsp3) is 0.400. The predicted octanol–water partition coefficient (Wildman–Crippen LogP) is 2.98. The Morgan fingerprint density at radius 3 is 2.61 bits per heavy atom. The van der Waals surface area contributed by atoms with E-state index in [1.807, 2.05) is 0 Å². The van der Waals surface area contributed by atoms with Crippen LogP contribution in [0.5, 0.6) is 0 Å². The van der Waals surface area contributed by atoms with Crippen molar-refractivity contribution in [1.82, 2.24) is 9.88 Å². The number of pyridine rings is 1. The maximum absolute atomic E-state index is 12.3. The standard InChI is InChI=1S/C10H9Cl2F3N2O/c11-2-4-17(6-10(13,14)15)9(18)7-1-3-16-5-8(7)12/h1,3,5H,2,4,6H2. The van der Waals surface area contributed by atoms with E-state index in [1.165, 1.54) is 18.5 Å². The first-order valence-corrected chi connectivity index (χ1v) is 5.78. The number of rotatable bonds is 4. The van der Waals surface area contributed by atoms with Gasteiger partial charge in [-0.15, -0.1) is 11.6 Å². The minimum Gasteiger partial charge on any atom is -0.328 e. The third-order valence-electron chi connectivity index (χ3n) is 2.01. The van der Waals surface area contributed by atoms with Gasteiger partial charge in [-0.05, 0) is 6.07 Å². The molecule has 1 heterocycles. The van der Waals surface area contributed by atoms with Gasteiger partial charge in [0.15, 0.2) is 0 Å². The molecule has 8 heteroatoms. The summed E-state index contributed by atoms with van der Waals surface area (Å²) < 4.78 is 37.0. The Kier molecular flexibility index (Phi) is 5.22. The second kappa shape index (κ2) is 6.24. The molecule has 100 valence electrons. The molecule has 0 saturated carbocycles. The number of carbonyl (C=O) groups is 1. The van der Waals surface area contributed by atoms with E-state index >= 15 is 0 Å². The Morgan fingerprint density at radius 2 is 2.11 bits per heavy atom. The fourth-order valence-electron chi connectivity index (χ4n) is 1.29. The largest absolute Gasteiger partial charge is 0.406 e. The van der Waals surface area contributed by atoms with Gasteiger partial charge in [0, 0.05) is 24.8 Å². The summed E-state index contributed by atoms with van der Waals surface area (Å²) in [5.41, 5.74) is -0.0268. The third kappa shape index (κ3) is 4.34. The summed E-state index contributed by atoms with van der Waals surface area (Å²) in [4.78, 5) is 16.2. The van der Waals surface area contributed by atoms with Crippen LogP contribution in [0.1, 0.15) is 10.4 Å². The smallest absolute Gasteiger partial charge is 0.328 e. The van der Waals surface area contributed by atoms with Crippen molar-refractivity contribution < 1.29 is 18.0 Å². The van der Waals surface area contributed by atoms with E-state index in [0.717, 1.165) is 0 Å². The second-order valence-electron chi connectivity index (χ2n) is 3.39. The molecule has 0 saturated heterocycles. The van der Waals surface area contributed by atoms with E-state index in [2.05, 4.69) is 4.98 Å². The van der Waals surface area contributed by atoms with Crippen molar-refractivity contribution in [2.45, 2.75) is 6.18 Å². The van der Waals surface area contributed by atoms with Crippen LogP contribution < -0.4 is 0 Å². The molecule has 1 amide bonds. The van der Waals surface area contributed by atoms with Gasteiger partial charge in [-0.3, -0.25) is 9.78 Å². The molecular weight excluding hydrogens is 292 g/mol. The van der Waals surface area contributed by atoms with Crippen molar-refractivity contribution in [3.8, 4) is 0 Å². The SMILES string of the molecule is O=C(c1ccncc1Cl)N(CCCl)CC(F)(F)F. The Morgan fingerprint density at radius 1 is 1.44 bits per heavy atom. The Labute approximate surface area is 112 Å². The lowest BCUT2D eigenvalue weighted by Crippen LogP contribution is -2.40. The molecule has 3 nitrogen and oxygen atoms in total. The van der Waals surface area contributed by atoms with E-state index < -0.39 is 18.6 Å². The van der Waals surface area contributed by atoms with Gasteiger partial charge in [-0.1, -0.05) is 11.6 Å². The second-order valence-corrected chi connectivity index (χ2v) is 4.17. The molecule has 1 aromatic heterocycles. The van der Waals surface area contributed by atoms with Crippen LogP contribution in [0.25, 0.3) is 0 Å². The lowest BCUT2D eigenvalue weighted by molar-refractivity contribution is -0.140. The van der Waals surface area contributed by atoms with Crippen molar-refractivity contribution in [3.05, 3.63) is 29.0 Å². The predicted molar refractivity (Wildman–Crippen MR) is 61.9 cm³/mol. The van der Waals surface area contributed by atoms with Gasteiger partial charge in [-0.2, -0.15) is 13.2 Å². The minimum atomic E-state index is -4.48. The summed E-state index contributed by atoms with van der Waals surface area (Å²) in [5, 5.41) is 0.00393. The molecule has 1 rings (SSSR count). The topological polar surface area (TPSA) is 33.2 Å². The number of carbonyl (C=O) groups excluding carboxylic acids is 1. The average molecular weight is 301 g/mol. The lowest BCUT2D eigenvalue weighted by atomic mass is 10.2. The van der Waals surface area contributed by atoms with Gasteiger partial charge in [0.1, 0.15) is 6.54 Å². The molecule has 0 N–H and O–H groups in total. The molecular formula is C10H9Cl2F3N2O. The summed E-state index contributed by atoms with van der Waals surface area (Å²) in [6.07, 6.45) is -2.01. The average Bonchev–Trinajstić information content (AvgIpc) is 2.26. The quantitative estimate of drug-likeness (QED) is 0.801. The third-order valence-corrected chi connectivity index (χ3v) is 2.48. The lowest BCUT2D eigenvalue weighted by Gasteiger charge is -2.23. The van der Waals surface area contributed by atoms with E-state index in [1.54, 1.807) is 0 Å². The molecule has 0 spiro atoms. The van der Waals surface area contributed by atoms with Gasteiger partial charge in [0.05, 0.1) is 10.6 Å². The summed E-state index contributed by atoms with van der Waals surface area (Å²) in [5.74, 6) is -0.912. The van der Waals surface area contributed by atoms with E-state index in [9.17, 15) is 18.0 Å². The number of aromatic nitrogens is 1. The summed E-state index contributed by atoms with van der Waals surface area (Å²) in [6, 6.07) is 1.27. The maximum atomic E-state index is 12.3. The van der Waals surface area contributed by atoms with Crippen LogP contribution in [0.2, 0.25) is 5.02 Å². The number of hydrogen-bond acceptors (Lipinski definition) is 2. The van der Waals surface area contributed by atoms with Crippen LogP contribution in [0.3, 0.4) is 0 Å². The first-order chi connectivity index (χ1) is 8.35. The van der Waals surface area contributed by atoms with Crippen molar-refractivity contribution in [1.29, 1.82) is 0 Å². The number of amides is 1. The first-order valence-electron chi connectivity index (χ1n) is 4.86. The molecule has 0 atom stereocenters. The van der Waals surface area contributed by atoms with Crippen LogP contribution in [0.15, 0.2) is 18.5 Å². The molecule has 0 radical (unpaired) electrons. The highest BCUT2D eigenvalue weighted by Gasteiger charge is 2.33. The molecule has 0 fully saturated rings. The van der Waals surface area contributed by atoms with Crippen LogP contribution >= 0.6 is 23.2 Å². The number of alkyl halides is 4. The Balaban J connectivity index is 2.93. The molecule has 0 aliphatic rings. The Hall–Kier alpha value is -1.01.